The van der Waals surface area contributed by atoms with Crippen LogP contribution in [-0.2, 0) is 4.74 Å². The van der Waals surface area contributed by atoms with Gasteiger partial charge in [-0.3, -0.25) is 4.57 Å². The van der Waals surface area contributed by atoms with Gasteiger partial charge in [0.05, 0.1) is 0 Å². The molecule has 3 heterocycles. The van der Waals surface area contributed by atoms with Crippen molar-refractivity contribution in [2.75, 3.05) is 0 Å². The first-order chi connectivity index (χ1) is 9.13. The predicted octanol–water partition coefficient (Wildman–Crippen LogP) is -0.407. The third-order valence-electron chi connectivity index (χ3n) is 2.89. The molecule has 19 heavy (non-hydrogen) atoms. The van der Waals surface area contributed by atoms with Gasteiger partial charge in [-0.25, -0.2) is 14.4 Å². The lowest BCUT2D eigenvalue weighted by molar-refractivity contribution is -0.0120. The average molecular weight is 268 g/mol. The highest BCUT2D eigenvalue weighted by Gasteiger charge is 2.41. The monoisotopic (exact) mass is 268 g/mol. The Kier molecular flexibility index (Phi) is 2.57. The molecule has 3 rings (SSSR count). The largest absolute Gasteiger partial charge is 0.492 e. The minimum atomic E-state index is -1.47. The highest BCUT2D eigenvalue weighted by molar-refractivity contribution is 5.75. The van der Waals surface area contributed by atoms with Gasteiger partial charge < -0.3 is 20.1 Å². The zero-order chi connectivity index (χ0) is 13.6. The molecule has 0 amide bonds. The van der Waals surface area contributed by atoms with Crippen LogP contribution in [0.25, 0.3) is 11.2 Å². The molecule has 0 aromatic carbocycles. The number of aliphatic hydroxyl groups is 2. The first-order valence-electron chi connectivity index (χ1n) is 5.33. The Morgan fingerprint density at radius 3 is 2.79 bits per heavy atom. The molecule has 0 radical (unpaired) electrons. The number of rotatable bonds is 1. The first-order valence-corrected chi connectivity index (χ1v) is 5.33. The topological polar surface area (TPSA) is 114 Å². The van der Waals surface area contributed by atoms with E-state index in [9.17, 15) is 19.7 Å². The fraction of sp³-hybridized carbons (Fsp3) is 0.300. The van der Waals surface area contributed by atoms with Gasteiger partial charge in [-0.2, -0.15) is 4.98 Å². The van der Waals surface area contributed by atoms with Crippen molar-refractivity contribution in [1.29, 1.82) is 0 Å². The molecule has 8 nitrogen and oxygen atoms in total. The zero-order valence-corrected chi connectivity index (χ0v) is 9.38. The van der Waals surface area contributed by atoms with Crippen molar-refractivity contribution in [3.8, 4) is 5.88 Å². The first kappa shape index (κ1) is 11.8. The second-order valence-electron chi connectivity index (χ2n) is 3.98. The summed E-state index contributed by atoms with van der Waals surface area (Å²) in [4.78, 5) is 11.3. The van der Waals surface area contributed by atoms with E-state index in [1.165, 1.54) is 10.9 Å². The summed E-state index contributed by atoms with van der Waals surface area (Å²) >= 11 is 0. The molecular formula is C10H9FN4O4. The van der Waals surface area contributed by atoms with Gasteiger partial charge in [0.1, 0.15) is 31.2 Å². The van der Waals surface area contributed by atoms with Crippen LogP contribution in [0.5, 0.6) is 5.88 Å². The summed E-state index contributed by atoms with van der Waals surface area (Å²) in [5.41, 5.74) is 0.314. The second kappa shape index (κ2) is 4.14. The maximum Gasteiger partial charge on any atom is 0.242 e. The molecule has 0 aliphatic carbocycles. The zero-order valence-electron chi connectivity index (χ0n) is 9.38. The number of hydrogen-bond donors (Lipinski definition) is 3. The Labute approximate surface area is 105 Å². The highest BCUT2D eigenvalue weighted by atomic mass is 19.1. The van der Waals surface area contributed by atoms with Gasteiger partial charge in [0.2, 0.25) is 12.1 Å². The summed E-state index contributed by atoms with van der Waals surface area (Å²) in [6, 6.07) is 0. The minimum Gasteiger partial charge on any atom is -0.492 e. The molecule has 1 aliphatic rings. The average Bonchev–Trinajstić information content (AvgIpc) is 2.94. The summed E-state index contributed by atoms with van der Waals surface area (Å²) in [6.07, 6.45) is -1.49. The summed E-state index contributed by atoms with van der Waals surface area (Å²) in [5.74, 6) is -0.698. The van der Waals surface area contributed by atoms with Crippen molar-refractivity contribution >= 4 is 11.2 Å². The van der Waals surface area contributed by atoms with Crippen LogP contribution in [0.3, 0.4) is 0 Å². The Hall–Kier alpha value is -2.26. The molecule has 1 aliphatic heterocycles. The maximum absolute atomic E-state index is 12.5. The van der Waals surface area contributed by atoms with E-state index in [2.05, 4.69) is 15.0 Å². The molecule has 100 valence electrons. The Balaban J connectivity index is 2.09. The van der Waals surface area contributed by atoms with E-state index in [0.717, 1.165) is 6.33 Å². The third kappa shape index (κ3) is 1.63. The fourth-order valence-electron chi connectivity index (χ4n) is 1.94. The number of ether oxygens (including phenoxy) is 1. The summed E-state index contributed by atoms with van der Waals surface area (Å²) in [7, 11) is 0. The smallest absolute Gasteiger partial charge is 0.242 e. The van der Waals surface area contributed by atoms with Crippen LogP contribution in [0.2, 0.25) is 0 Å². The number of aliphatic hydroxyl groups excluding tert-OH is 2. The van der Waals surface area contributed by atoms with Gasteiger partial charge in [0.25, 0.3) is 0 Å². The van der Waals surface area contributed by atoms with E-state index < -0.39 is 18.4 Å². The van der Waals surface area contributed by atoms with Gasteiger partial charge in [-0.05, 0) is 0 Å². The van der Waals surface area contributed by atoms with Crippen LogP contribution >= 0.6 is 0 Å². The van der Waals surface area contributed by atoms with E-state index in [1.807, 2.05) is 0 Å². The number of halogens is 1. The quantitative estimate of drug-likeness (QED) is 0.644. The van der Waals surface area contributed by atoms with Crippen LogP contribution in [0.1, 0.15) is 6.23 Å². The van der Waals surface area contributed by atoms with Crippen LogP contribution < -0.4 is 0 Å². The number of nitrogens with zero attached hydrogens (tertiary/aromatic N) is 4. The lowest BCUT2D eigenvalue weighted by Crippen LogP contribution is -2.27. The van der Waals surface area contributed by atoms with E-state index in [-0.39, 0.29) is 29.1 Å². The molecule has 2 unspecified atom stereocenters. The summed E-state index contributed by atoms with van der Waals surface area (Å²) < 4.78 is 18.8. The van der Waals surface area contributed by atoms with E-state index in [4.69, 9.17) is 4.74 Å². The van der Waals surface area contributed by atoms with Crippen molar-refractivity contribution < 1.29 is 24.4 Å². The van der Waals surface area contributed by atoms with Gasteiger partial charge in [-0.1, -0.05) is 0 Å². The Morgan fingerprint density at radius 1 is 1.32 bits per heavy atom. The van der Waals surface area contributed by atoms with E-state index in [0.29, 0.717) is 0 Å². The Morgan fingerprint density at radius 2 is 2.11 bits per heavy atom. The number of aromatic nitrogens is 4. The molecule has 3 atom stereocenters. The van der Waals surface area contributed by atoms with Crippen LogP contribution in [0, 0.1) is 0 Å². The molecule has 1 fully saturated rings. The lowest BCUT2D eigenvalue weighted by atomic mass is 10.2. The number of imidazole rings is 1. The van der Waals surface area contributed by atoms with Crippen molar-refractivity contribution in [2.24, 2.45) is 0 Å². The molecule has 3 N–H and O–H groups in total. The van der Waals surface area contributed by atoms with Crippen LogP contribution in [-0.4, -0.2) is 47.0 Å². The van der Waals surface area contributed by atoms with Gasteiger partial charge in [0.15, 0.2) is 16.9 Å². The van der Waals surface area contributed by atoms with E-state index in [1.54, 1.807) is 0 Å². The van der Waals surface area contributed by atoms with Crippen LogP contribution in [0.4, 0.5) is 4.39 Å². The molecule has 2 aromatic heterocycles. The van der Waals surface area contributed by atoms with Gasteiger partial charge >= 0.3 is 0 Å². The van der Waals surface area contributed by atoms with Crippen molar-refractivity contribution in [2.45, 2.75) is 18.4 Å². The third-order valence-corrected chi connectivity index (χ3v) is 2.89. The Bertz CT molecular complexity index is 658. The fourth-order valence-corrected chi connectivity index (χ4v) is 1.94. The molecule has 0 saturated carbocycles. The molecule has 1 saturated heterocycles. The molecule has 9 heteroatoms. The van der Waals surface area contributed by atoms with E-state index >= 15 is 0 Å². The lowest BCUT2D eigenvalue weighted by Gasteiger charge is -2.15. The summed E-state index contributed by atoms with van der Waals surface area (Å²) in [6.45, 7) is 0. The van der Waals surface area contributed by atoms with Crippen molar-refractivity contribution in [1.82, 2.24) is 19.5 Å². The predicted molar refractivity (Wildman–Crippen MR) is 58.3 cm³/mol. The second-order valence-corrected chi connectivity index (χ2v) is 3.98. The standard InChI is InChI=1S/C10H9FN4O4/c11-1-4-6(16)7(17)10(19-4)15-3-14-5-8(15)12-2-13-9(5)18/h1-3,6-7,10,16-17H,(H,12,13,18)/b4-1-/t6?,7?,10-/m1/s1. The molecule has 0 bridgehead atoms. The number of aromatic hydroxyl groups is 1. The molecular weight excluding hydrogens is 259 g/mol. The molecule has 0 spiro atoms. The highest BCUT2D eigenvalue weighted by Crippen LogP contribution is 2.34. The SMILES string of the molecule is Oc1ncnc2c1ncn2[C@@H]1O/C(=C\F)C(O)C1O. The van der Waals surface area contributed by atoms with Gasteiger partial charge in [-0.15, -0.1) is 0 Å². The number of fused-ring (bicyclic) bond motifs is 1. The van der Waals surface area contributed by atoms with Crippen molar-refractivity contribution in [3.63, 3.8) is 0 Å². The van der Waals surface area contributed by atoms with Crippen LogP contribution in [0.15, 0.2) is 24.7 Å². The normalized spacial score (nSPS) is 29.0. The molecule has 2 aromatic rings. The summed E-state index contributed by atoms with van der Waals surface area (Å²) in [5, 5.41) is 28.9. The maximum atomic E-state index is 12.5. The minimum absolute atomic E-state index is 0.0828. The van der Waals surface area contributed by atoms with Gasteiger partial charge in [0, 0.05) is 0 Å². The number of hydrogen-bond acceptors (Lipinski definition) is 7. The van der Waals surface area contributed by atoms with Crippen molar-refractivity contribution in [3.05, 3.63) is 24.7 Å².